The Morgan fingerprint density at radius 3 is 2.43 bits per heavy atom. The van der Waals surface area contributed by atoms with Gasteiger partial charge in [-0.25, -0.2) is 0 Å². The van der Waals surface area contributed by atoms with Gasteiger partial charge in [0, 0.05) is 11.6 Å². The molecule has 0 aromatic heterocycles. The number of ether oxygens (including phenoxy) is 2. The van der Waals surface area contributed by atoms with Gasteiger partial charge in [0.1, 0.15) is 0 Å². The Bertz CT molecular complexity index is 258. The summed E-state index contributed by atoms with van der Waals surface area (Å²) < 4.78 is 11.6. The molecule has 0 aliphatic heterocycles. The molecule has 0 fully saturated rings. The first-order chi connectivity index (χ1) is 6.74. The molecule has 1 unspecified atom stereocenters. The van der Waals surface area contributed by atoms with Crippen LogP contribution in [0, 0.1) is 0 Å². The molecule has 1 aromatic carbocycles. The van der Waals surface area contributed by atoms with Crippen molar-refractivity contribution in [3.05, 3.63) is 34.3 Å². The van der Waals surface area contributed by atoms with Crippen LogP contribution in [0.5, 0.6) is 0 Å². The fourth-order valence-electron chi connectivity index (χ4n) is 1.14. The van der Waals surface area contributed by atoms with Crippen LogP contribution >= 0.6 is 15.9 Å². The standard InChI is InChI=1S/C11H15BrO2/c1-9(14-8-7-13-2)10-3-5-11(12)6-4-10/h3-6,9H,7-8H2,1-2H3. The largest absolute Gasteiger partial charge is 0.382 e. The van der Waals surface area contributed by atoms with Gasteiger partial charge in [-0.15, -0.1) is 0 Å². The Hall–Kier alpha value is -0.380. The third kappa shape index (κ3) is 3.78. The first kappa shape index (κ1) is 11.7. The van der Waals surface area contributed by atoms with Crippen molar-refractivity contribution in [1.82, 2.24) is 0 Å². The van der Waals surface area contributed by atoms with Crippen LogP contribution in [0.3, 0.4) is 0 Å². The second kappa shape index (κ2) is 6.17. The van der Waals surface area contributed by atoms with Crippen LogP contribution in [0.25, 0.3) is 0 Å². The zero-order valence-electron chi connectivity index (χ0n) is 8.50. The molecule has 3 heteroatoms. The summed E-state index contributed by atoms with van der Waals surface area (Å²) in [5.41, 5.74) is 1.18. The summed E-state index contributed by atoms with van der Waals surface area (Å²) in [6.07, 6.45) is 0.123. The summed E-state index contributed by atoms with van der Waals surface area (Å²) in [4.78, 5) is 0. The molecule has 0 radical (unpaired) electrons. The average Bonchev–Trinajstić information content (AvgIpc) is 2.19. The lowest BCUT2D eigenvalue weighted by molar-refractivity contribution is 0.0256. The van der Waals surface area contributed by atoms with E-state index in [0.29, 0.717) is 13.2 Å². The number of benzene rings is 1. The van der Waals surface area contributed by atoms with E-state index < -0.39 is 0 Å². The smallest absolute Gasteiger partial charge is 0.0798 e. The predicted octanol–water partition coefficient (Wildman–Crippen LogP) is 3.17. The van der Waals surface area contributed by atoms with Crippen molar-refractivity contribution < 1.29 is 9.47 Å². The minimum atomic E-state index is 0.123. The van der Waals surface area contributed by atoms with Gasteiger partial charge in [-0.1, -0.05) is 28.1 Å². The minimum absolute atomic E-state index is 0.123. The normalized spacial score (nSPS) is 12.8. The molecule has 0 spiro atoms. The van der Waals surface area contributed by atoms with Gasteiger partial charge in [-0.05, 0) is 24.6 Å². The molecule has 14 heavy (non-hydrogen) atoms. The summed E-state index contributed by atoms with van der Waals surface area (Å²) in [7, 11) is 1.67. The highest BCUT2D eigenvalue weighted by Gasteiger charge is 2.04. The van der Waals surface area contributed by atoms with E-state index in [1.165, 1.54) is 5.56 Å². The van der Waals surface area contributed by atoms with Gasteiger partial charge in [-0.2, -0.15) is 0 Å². The van der Waals surface area contributed by atoms with Crippen LogP contribution in [0.1, 0.15) is 18.6 Å². The van der Waals surface area contributed by atoms with Crippen LogP contribution in [0.2, 0.25) is 0 Å². The maximum absolute atomic E-state index is 5.57. The number of methoxy groups -OCH3 is 1. The number of hydrogen-bond acceptors (Lipinski definition) is 2. The molecule has 0 aliphatic rings. The van der Waals surface area contributed by atoms with Gasteiger partial charge in [0.2, 0.25) is 0 Å². The van der Waals surface area contributed by atoms with Crippen molar-refractivity contribution in [2.45, 2.75) is 13.0 Å². The van der Waals surface area contributed by atoms with Crippen LogP contribution in [0.4, 0.5) is 0 Å². The lowest BCUT2D eigenvalue weighted by Crippen LogP contribution is -2.05. The molecule has 0 amide bonds. The third-order valence-electron chi connectivity index (χ3n) is 1.99. The van der Waals surface area contributed by atoms with Crippen molar-refractivity contribution in [2.75, 3.05) is 20.3 Å². The molecular formula is C11H15BrO2. The van der Waals surface area contributed by atoms with E-state index in [1.807, 2.05) is 19.1 Å². The predicted molar refractivity (Wildman–Crippen MR) is 60.4 cm³/mol. The van der Waals surface area contributed by atoms with Crippen molar-refractivity contribution in [2.24, 2.45) is 0 Å². The molecule has 0 bridgehead atoms. The molecule has 0 heterocycles. The van der Waals surface area contributed by atoms with E-state index in [-0.39, 0.29) is 6.10 Å². The summed E-state index contributed by atoms with van der Waals surface area (Å²) in [6.45, 7) is 3.31. The van der Waals surface area contributed by atoms with Gasteiger partial charge in [0.15, 0.2) is 0 Å². The van der Waals surface area contributed by atoms with E-state index >= 15 is 0 Å². The van der Waals surface area contributed by atoms with E-state index in [1.54, 1.807) is 7.11 Å². The maximum atomic E-state index is 5.57. The Kier molecular flexibility index (Phi) is 5.15. The summed E-state index contributed by atoms with van der Waals surface area (Å²) in [5.74, 6) is 0. The molecular weight excluding hydrogens is 244 g/mol. The average molecular weight is 259 g/mol. The number of rotatable bonds is 5. The molecule has 1 rings (SSSR count). The summed E-state index contributed by atoms with van der Waals surface area (Å²) in [5, 5.41) is 0. The molecule has 0 aliphatic carbocycles. The molecule has 1 atom stereocenters. The van der Waals surface area contributed by atoms with Gasteiger partial charge < -0.3 is 9.47 Å². The van der Waals surface area contributed by atoms with Crippen LogP contribution in [0.15, 0.2) is 28.7 Å². The Morgan fingerprint density at radius 1 is 1.21 bits per heavy atom. The van der Waals surface area contributed by atoms with Gasteiger partial charge in [0.05, 0.1) is 19.3 Å². The summed E-state index contributed by atoms with van der Waals surface area (Å²) in [6, 6.07) is 8.15. The van der Waals surface area contributed by atoms with Crippen LogP contribution in [-0.4, -0.2) is 20.3 Å². The first-order valence-electron chi connectivity index (χ1n) is 4.60. The van der Waals surface area contributed by atoms with Crippen molar-refractivity contribution in [3.63, 3.8) is 0 Å². The van der Waals surface area contributed by atoms with E-state index in [9.17, 15) is 0 Å². The second-order valence-corrected chi connectivity index (χ2v) is 3.97. The van der Waals surface area contributed by atoms with Gasteiger partial charge in [-0.3, -0.25) is 0 Å². The Balaban J connectivity index is 2.43. The van der Waals surface area contributed by atoms with Crippen LogP contribution < -0.4 is 0 Å². The highest BCUT2D eigenvalue weighted by molar-refractivity contribution is 9.10. The van der Waals surface area contributed by atoms with E-state index in [0.717, 1.165) is 4.47 Å². The lowest BCUT2D eigenvalue weighted by atomic mass is 10.1. The van der Waals surface area contributed by atoms with Gasteiger partial charge >= 0.3 is 0 Å². The maximum Gasteiger partial charge on any atom is 0.0798 e. The fraction of sp³-hybridized carbons (Fsp3) is 0.455. The van der Waals surface area contributed by atoms with E-state index in [4.69, 9.17) is 9.47 Å². The highest BCUT2D eigenvalue weighted by Crippen LogP contribution is 2.19. The SMILES string of the molecule is COCCOC(C)c1ccc(Br)cc1. The Morgan fingerprint density at radius 2 is 1.86 bits per heavy atom. The van der Waals surface area contributed by atoms with Crippen molar-refractivity contribution >= 4 is 15.9 Å². The lowest BCUT2D eigenvalue weighted by Gasteiger charge is -2.12. The first-order valence-corrected chi connectivity index (χ1v) is 5.39. The fourth-order valence-corrected chi connectivity index (χ4v) is 1.40. The Labute approximate surface area is 93.4 Å². The number of hydrogen-bond donors (Lipinski definition) is 0. The molecule has 0 N–H and O–H groups in total. The number of halogens is 1. The van der Waals surface area contributed by atoms with Crippen molar-refractivity contribution in [1.29, 1.82) is 0 Å². The molecule has 0 saturated heterocycles. The monoisotopic (exact) mass is 258 g/mol. The zero-order chi connectivity index (χ0) is 10.4. The van der Waals surface area contributed by atoms with E-state index in [2.05, 4.69) is 28.1 Å². The zero-order valence-corrected chi connectivity index (χ0v) is 10.1. The molecule has 1 aromatic rings. The minimum Gasteiger partial charge on any atom is -0.382 e. The van der Waals surface area contributed by atoms with Crippen LogP contribution in [-0.2, 0) is 9.47 Å². The molecule has 2 nitrogen and oxygen atoms in total. The van der Waals surface area contributed by atoms with Crippen molar-refractivity contribution in [3.8, 4) is 0 Å². The third-order valence-corrected chi connectivity index (χ3v) is 2.52. The highest BCUT2D eigenvalue weighted by atomic mass is 79.9. The second-order valence-electron chi connectivity index (χ2n) is 3.06. The van der Waals surface area contributed by atoms with Gasteiger partial charge in [0.25, 0.3) is 0 Å². The quantitative estimate of drug-likeness (QED) is 0.756. The summed E-state index contributed by atoms with van der Waals surface area (Å²) >= 11 is 3.40. The molecule has 78 valence electrons. The topological polar surface area (TPSA) is 18.5 Å². The molecule has 0 saturated carbocycles.